The van der Waals surface area contributed by atoms with Gasteiger partial charge in [0, 0.05) is 0 Å². The fourth-order valence-electron chi connectivity index (χ4n) is 1.54. The molecule has 0 unspecified atom stereocenters. The van der Waals surface area contributed by atoms with Gasteiger partial charge in [0.25, 0.3) is 0 Å². The van der Waals surface area contributed by atoms with E-state index < -0.39 is 0 Å². The molecular weight excluding hydrogens is 260 g/mol. The molecule has 0 saturated carbocycles. The summed E-state index contributed by atoms with van der Waals surface area (Å²) < 4.78 is 0. The second-order valence-electron chi connectivity index (χ2n) is 3.58. The smallest absolute Gasteiger partial charge is 0.150 e. The Morgan fingerprint density at radius 3 is 2.53 bits per heavy atom. The Labute approximate surface area is 115 Å². The number of aromatic nitrogens is 2. The van der Waals surface area contributed by atoms with Crippen LogP contribution >= 0.6 is 11.6 Å². The zero-order valence-corrected chi connectivity index (χ0v) is 10.5. The van der Waals surface area contributed by atoms with Gasteiger partial charge in [0.15, 0.2) is 5.15 Å². The molecule has 5 heteroatoms. The van der Waals surface area contributed by atoms with E-state index >= 15 is 0 Å². The maximum Gasteiger partial charge on any atom is 0.150 e. The number of nitrogens with zero attached hydrogens (tertiary/aromatic N) is 4. The number of benzene rings is 1. The Bertz CT molecular complexity index is 708. The van der Waals surface area contributed by atoms with Crippen LogP contribution in [0.25, 0.3) is 11.6 Å². The molecule has 90 valence electrons. The molecule has 1 aromatic heterocycles. The molecular formula is C14H7ClN4. The van der Waals surface area contributed by atoms with E-state index in [4.69, 9.17) is 16.9 Å². The van der Waals surface area contributed by atoms with Crippen molar-refractivity contribution in [1.82, 2.24) is 9.97 Å². The molecule has 1 heterocycles. The number of hydrogen-bond donors (Lipinski definition) is 0. The molecule has 0 aliphatic rings. The van der Waals surface area contributed by atoms with Gasteiger partial charge >= 0.3 is 0 Å². The zero-order chi connectivity index (χ0) is 13.7. The van der Waals surface area contributed by atoms with Crippen LogP contribution in [0.2, 0.25) is 5.15 Å². The molecule has 4 nitrogen and oxygen atoms in total. The van der Waals surface area contributed by atoms with Gasteiger partial charge in [-0.15, -0.1) is 0 Å². The Balaban J connectivity index is 2.57. The monoisotopic (exact) mass is 266 g/mol. The lowest BCUT2D eigenvalue weighted by molar-refractivity contribution is 1.13. The highest BCUT2D eigenvalue weighted by Gasteiger charge is 2.13. The number of hydrogen-bond acceptors (Lipinski definition) is 4. The number of rotatable bonds is 2. The van der Waals surface area contributed by atoms with Crippen molar-refractivity contribution in [3.05, 3.63) is 58.6 Å². The molecule has 0 bridgehead atoms. The van der Waals surface area contributed by atoms with E-state index in [1.54, 1.807) is 6.08 Å². The van der Waals surface area contributed by atoms with E-state index in [0.29, 0.717) is 0 Å². The Morgan fingerprint density at radius 1 is 1.16 bits per heavy atom. The third kappa shape index (κ3) is 2.77. The lowest BCUT2D eigenvalue weighted by Gasteiger charge is -2.02. The summed E-state index contributed by atoms with van der Waals surface area (Å²) in [6.45, 7) is 0. The topological polar surface area (TPSA) is 73.4 Å². The Morgan fingerprint density at radius 2 is 1.89 bits per heavy atom. The van der Waals surface area contributed by atoms with Crippen LogP contribution in [0.4, 0.5) is 0 Å². The van der Waals surface area contributed by atoms with Crippen LogP contribution in [0.1, 0.15) is 16.8 Å². The van der Waals surface area contributed by atoms with Gasteiger partial charge in [-0.1, -0.05) is 41.9 Å². The molecule has 19 heavy (non-hydrogen) atoms. The van der Waals surface area contributed by atoms with Crippen LogP contribution in [-0.2, 0) is 0 Å². The summed E-state index contributed by atoms with van der Waals surface area (Å²) in [5, 5.41) is 18.3. The van der Waals surface area contributed by atoms with Gasteiger partial charge in [0.2, 0.25) is 0 Å². The van der Waals surface area contributed by atoms with Crippen LogP contribution < -0.4 is 0 Å². The largest absolute Gasteiger partial charge is 0.234 e. The first kappa shape index (κ1) is 12.8. The number of allylic oxidation sites excluding steroid dienone is 1. The minimum Gasteiger partial charge on any atom is -0.234 e. The van der Waals surface area contributed by atoms with E-state index in [1.807, 2.05) is 42.5 Å². The van der Waals surface area contributed by atoms with Crippen LogP contribution in [0, 0.1) is 22.7 Å². The molecule has 0 saturated heterocycles. The zero-order valence-electron chi connectivity index (χ0n) is 9.71. The van der Waals surface area contributed by atoms with E-state index in [1.165, 1.54) is 6.33 Å². The summed E-state index contributed by atoms with van der Waals surface area (Å²) >= 11 is 5.82. The third-order valence-corrected chi connectivity index (χ3v) is 2.69. The molecule has 0 aliphatic carbocycles. The lowest BCUT2D eigenvalue weighted by Crippen LogP contribution is -1.96. The summed E-state index contributed by atoms with van der Waals surface area (Å²) in [5.74, 6) is 0. The summed E-state index contributed by atoms with van der Waals surface area (Å²) in [5.41, 5.74) is 1.46. The molecule has 2 rings (SSSR count). The second kappa shape index (κ2) is 5.77. The van der Waals surface area contributed by atoms with Crippen molar-refractivity contribution < 1.29 is 0 Å². The maximum atomic E-state index is 9.22. The molecule has 0 N–H and O–H groups in total. The van der Waals surface area contributed by atoms with E-state index in [9.17, 15) is 5.26 Å². The fraction of sp³-hybridized carbons (Fsp3) is 0. The average molecular weight is 267 g/mol. The lowest BCUT2D eigenvalue weighted by atomic mass is 10.1. The fourth-order valence-corrected chi connectivity index (χ4v) is 1.71. The van der Waals surface area contributed by atoms with Crippen molar-refractivity contribution in [2.24, 2.45) is 0 Å². The molecule has 0 radical (unpaired) electrons. The second-order valence-corrected chi connectivity index (χ2v) is 3.94. The van der Waals surface area contributed by atoms with Gasteiger partial charge in [-0.3, -0.25) is 0 Å². The quantitative estimate of drug-likeness (QED) is 0.618. The molecule has 0 spiro atoms. The van der Waals surface area contributed by atoms with Gasteiger partial charge in [0.1, 0.15) is 29.7 Å². The molecule has 1 aromatic carbocycles. The summed E-state index contributed by atoms with van der Waals surface area (Å²) in [6, 6.07) is 13.3. The standard InChI is InChI=1S/C14H7ClN4/c15-14-12(8-17)13(18-9-19-14)11(7-16)6-10-4-2-1-3-5-10/h1-6,9H/b11-6-. The van der Waals surface area contributed by atoms with Crippen molar-refractivity contribution in [3.8, 4) is 12.1 Å². The molecule has 0 amide bonds. The maximum absolute atomic E-state index is 9.22. The highest BCUT2D eigenvalue weighted by molar-refractivity contribution is 6.30. The Hall–Kier alpha value is -2.69. The first-order valence-electron chi connectivity index (χ1n) is 5.34. The predicted molar refractivity (Wildman–Crippen MR) is 71.7 cm³/mol. The van der Waals surface area contributed by atoms with E-state index in [0.717, 1.165) is 5.56 Å². The molecule has 0 fully saturated rings. The van der Waals surface area contributed by atoms with Crippen LogP contribution in [-0.4, -0.2) is 9.97 Å². The molecule has 2 aromatic rings. The van der Waals surface area contributed by atoms with Gasteiger partial charge in [-0.05, 0) is 11.6 Å². The van der Waals surface area contributed by atoms with Gasteiger partial charge in [-0.25, -0.2) is 9.97 Å². The van der Waals surface area contributed by atoms with Gasteiger partial charge in [0.05, 0.1) is 5.57 Å². The highest BCUT2D eigenvalue weighted by atomic mass is 35.5. The van der Waals surface area contributed by atoms with Gasteiger partial charge in [-0.2, -0.15) is 10.5 Å². The molecule has 0 aliphatic heterocycles. The van der Waals surface area contributed by atoms with Crippen molar-refractivity contribution in [2.75, 3.05) is 0 Å². The SMILES string of the molecule is N#C/C(=C/c1ccccc1)c1ncnc(Cl)c1C#N. The average Bonchev–Trinajstić information content (AvgIpc) is 2.45. The first-order valence-corrected chi connectivity index (χ1v) is 5.72. The van der Waals surface area contributed by atoms with Crippen LogP contribution in [0.3, 0.4) is 0 Å². The van der Waals surface area contributed by atoms with Crippen LogP contribution in [0.5, 0.6) is 0 Å². The summed E-state index contributed by atoms with van der Waals surface area (Å²) in [4.78, 5) is 7.70. The summed E-state index contributed by atoms with van der Waals surface area (Å²) in [6.07, 6.45) is 2.88. The summed E-state index contributed by atoms with van der Waals surface area (Å²) in [7, 11) is 0. The highest BCUT2D eigenvalue weighted by Crippen LogP contribution is 2.22. The van der Waals surface area contributed by atoms with Crippen molar-refractivity contribution in [3.63, 3.8) is 0 Å². The first-order chi connectivity index (χ1) is 9.26. The van der Waals surface area contributed by atoms with E-state index in [2.05, 4.69) is 9.97 Å². The molecule has 0 atom stereocenters. The minimum absolute atomic E-state index is 0.0433. The van der Waals surface area contributed by atoms with E-state index in [-0.39, 0.29) is 22.0 Å². The number of halogens is 1. The normalized spacial score (nSPS) is 10.6. The van der Waals surface area contributed by atoms with Crippen molar-refractivity contribution >= 4 is 23.3 Å². The Kier molecular flexibility index (Phi) is 3.87. The minimum atomic E-state index is 0.0433. The van der Waals surface area contributed by atoms with Crippen LogP contribution in [0.15, 0.2) is 36.7 Å². The third-order valence-electron chi connectivity index (χ3n) is 2.40. The van der Waals surface area contributed by atoms with Crippen molar-refractivity contribution in [2.45, 2.75) is 0 Å². The van der Waals surface area contributed by atoms with Crippen molar-refractivity contribution in [1.29, 1.82) is 10.5 Å². The number of nitriles is 2. The van der Waals surface area contributed by atoms with Gasteiger partial charge < -0.3 is 0 Å². The predicted octanol–water partition coefficient (Wildman–Crippen LogP) is 3.07.